The fourth-order valence-electron chi connectivity index (χ4n) is 1.68. The third-order valence-electron chi connectivity index (χ3n) is 2.69. The summed E-state index contributed by atoms with van der Waals surface area (Å²) in [4.78, 5) is 12.8. The largest absolute Gasteiger partial charge is 0.396 e. The van der Waals surface area contributed by atoms with Gasteiger partial charge in [-0.3, -0.25) is 4.79 Å². The number of nitrogens with zero attached hydrogens (tertiary/aromatic N) is 1. The summed E-state index contributed by atoms with van der Waals surface area (Å²) in [5, 5.41) is 18.5. The van der Waals surface area contributed by atoms with Crippen LogP contribution in [0.25, 0.3) is 0 Å². The summed E-state index contributed by atoms with van der Waals surface area (Å²) in [6, 6.07) is 0. The molecule has 0 radical (unpaired) electrons. The average Bonchev–Trinajstić information content (AvgIpc) is 2.27. The minimum Gasteiger partial charge on any atom is -0.396 e. The molecule has 2 atom stereocenters. The molecule has 0 aromatic heterocycles. The Bertz CT molecular complexity index is 184. The summed E-state index contributed by atoms with van der Waals surface area (Å²) in [5.74, 6) is -0.0184. The molecule has 4 heteroatoms. The molecule has 1 saturated heterocycles. The average molecular weight is 187 g/mol. The van der Waals surface area contributed by atoms with Crippen LogP contribution in [-0.2, 0) is 4.79 Å². The van der Waals surface area contributed by atoms with Crippen molar-refractivity contribution in [3.05, 3.63) is 0 Å². The highest BCUT2D eigenvalue weighted by atomic mass is 16.3. The quantitative estimate of drug-likeness (QED) is 0.587. The lowest BCUT2D eigenvalue weighted by Crippen LogP contribution is -2.29. The zero-order chi connectivity index (χ0) is 9.84. The van der Waals surface area contributed by atoms with Crippen molar-refractivity contribution in [1.29, 1.82) is 0 Å². The Morgan fingerprint density at radius 2 is 2.08 bits per heavy atom. The van der Waals surface area contributed by atoms with Gasteiger partial charge in [-0.1, -0.05) is 0 Å². The van der Waals surface area contributed by atoms with Crippen molar-refractivity contribution >= 4 is 5.91 Å². The van der Waals surface area contributed by atoms with Crippen molar-refractivity contribution in [2.45, 2.75) is 25.9 Å². The van der Waals surface area contributed by atoms with Gasteiger partial charge in [-0.15, -0.1) is 0 Å². The van der Waals surface area contributed by atoms with Gasteiger partial charge in [0, 0.05) is 32.5 Å². The normalized spacial score (nSPS) is 29.9. The lowest BCUT2D eigenvalue weighted by atomic mass is 9.99. The van der Waals surface area contributed by atoms with E-state index in [0.29, 0.717) is 25.9 Å². The fourth-order valence-corrected chi connectivity index (χ4v) is 1.68. The number of amides is 1. The van der Waals surface area contributed by atoms with E-state index < -0.39 is 6.10 Å². The monoisotopic (exact) mass is 187 g/mol. The Balaban J connectivity index is 2.51. The van der Waals surface area contributed by atoms with Gasteiger partial charge in [0.1, 0.15) is 0 Å². The molecular formula is C9H17NO3. The molecule has 0 saturated carbocycles. The van der Waals surface area contributed by atoms with Crippen molar-refractivity contribution in [2.75, 3.05) is 19.7 Å². The number of likely N-dealkylation sites (tertiary alicyclic amines) is 1. The van der Waals surface area contributed by atoms with Crippen molar-refractivity contribution < 1.29 is 15.0 Å². The molecule has 0 bridgehead atoms. The summed E-state index contributed by atoms with van der Waals surface area (Å²) >= 11 is 0. The van der Waals surface area contributed by atoms with Crippen LogP contribution >= 0.6 is 0 Å². The minimum absolute atomic E-state index is 0.00686. The molecule has 4 nitrogen and oxygen atoms in total. The number of hydrogen-bond acceptors (Lipinski definition) is 3. The van der Waals surface area contributed by atoms with E-state index in [4.69, 9.17) is 5.11 Å². The summed E-state index contributed by atoms with van der Waals surface area (Å²) in [7, 11) is 0. The summed E-state index contributed by atoms with van der Waals surface area (Å²) in [6.45, 7) is 2.79. The van der Waals surface area contributed by atoms with Crippen LogP contribution in [0.2, 0.25) is 0 Å². The van der Waals surface area contributed by atoms with E-state index >= 15 is 0 Å². The number of aliphatic hydroxyl groups is 2. The number of carbonyl (C=O) groups is 1. The first-order valence-corrected chi connectivity index (χ1v) is 4.69. The lowest BCUT2D eigenvalue weighted by Gasteiger charge is -2.17. The van der Waals surface area contributed by atoms with E-state index in [0.717, 1.165) is 0 Å². The van der Waals surface area contributed by atoms with Crippen LogP contribution in [0.3, 0.4) is 0 Å². The Morgan fingerprint density at radius 3 is 2.62 bits per heavy atom. The third kappa shape index (κ3) is 2.67. The number of hydrogen-bond donors (Lipinski definition) is 2. The molecule has 0 aromatic rings. The summed E-state index contributed by atoms with van der Waals surface area (Å²) in [5.41, 5.74) is 0. The van der Waals surface area contributed by atoms with Crippen LogP contribution in [0, 0.1) is 5.92 Å². The van der Waals surface area contributed by atoms with Crippen molar-refractivity contribution in [2.24, 2.45) is 5.92 Å². The molecule has 13 heavy (non-hydrogen) atoms. The number of carbonyl (C=O) groups excluding carboxylic acids is 1. The van der Waals surface area contributed by atoms with Gasteiger partial charge in [0.25, 0.3) is 0 Å². The standard InChI is InChI=1S/C9H17NO3/c1-7(12)10-4-2-8(6-11)9(13)3-5-10/h8-9,11,13H,2-6H2,1H3. The summed E-state index contributed by atoms with van der Waals surface area (Å²) in [6.07, 6.45) is 0.802. The predicted octanol–water partition coefficient (Wildman–Crippen LogP) is -0.402. The second kappa shape index (κ2) is 4.58. The molecule has 1 amide bonds. The van der Waals surface area contributed by atoms with Crippen LogP contribution in [0.4, 0.5) is 0 Å². The molecule has 1 fully saturated rings. The van der Waals surface area contributed by atoms with E-state index in [1.165, 1.54) is 6.92 Å². The Kier molecular flexibility index (Phi) is 3.69. The second-order valence-electron chi connectivity index (χ2n) is 3.59. The van der Waals surface area contributed by atoms with E-state index in [2.05, 4.69) is 0 Å². The number of rotatable bonds is 1. The van der Waals surface area contributed by atoms with Crippen LogP contribution in [-0.4, -0.2) is 46.8 Å². The van der Waals surface area contributed by atoms with Gasteiger partial charge >= 0.3 is 0 Å². The molecule has 2 unspecified atom stereocenters. The predicted molar refractivity (Wildman–Crippen MR) is 48.1 cm³/mol. The highest BCUT2D eigenvalue weighted by Crippen LogP contribution is 2.17. The van der Waals surface area contributed by atoms with Crippen LogP contribution in [0.1, 0.15) is 19.8 Å². The lowest BCUT2D eigenvalue weighted by molar-refractivity contribution is -0.128. The SMILES string of the molecule is CC(=O)N1CCC(O)C(CO)CC1. The van der Waals surface area contributed by atoms with Gasteiger partial charge in [-0.05, 0) is 12.8 Å². The molecule has 0 aromatic carbocycles. The van der Waals surface area contributed by atoms with Crippen molar-refractivity contribution in [3.63, 3.8) is 0 Å². The topological polar surface area (TPSA) is 60.8 Å². The van der Waals surface area contributed by atoms with Crippen LogP contribution in [0.15, 0.2) is 0 Å². The van der Waals surface area contributed by atoms with Crippen molar-refractivity contribution in [3.8, 4) is 0 Å². The molecule has 0 aliphatic carbocycles. The molecular weight excluding hydrogens is 170 g/mol. The molecule has 2 N–H and O–H groups in total. The first-order valence-electron chi connectivity index (χ1n) is 4.69. The molecule has 76 valence electrons. The van der Waals surface area contributed by atoms with Gasteiger partial charge in [-0.2, -0.15) is 0 Å². The van der Waals surface area contributed by atoms with Gasteiger partial charge in [0.05, 0.1) is 6.10 Å². The first kappa shape index (κ1) is 10.5. The highest BCUT2D eigenvalue weighted by Gasteiger charge is 2.24. The Morgan fingerprint density at radius 1 is 1.46 bits per heavy atom. The van der Waals surface area contributed by atoms with Gasteiger partial charge < -0.3 is 15.1 Å². The molecule has 1 aliphatic rings. The smallest absolute Gasteiger partial charge is 0.219 e. The molecule has 1 aliphatic heterocycles. The Hall–Kier alpha value is -0.610. The Labute approximate surface area is 78.2 Å². The van der Waals surface area contributed by atoms with E-state index in [1.54, 1.807) is 4.90 Å². The van der Waals surface area contributed by atoms with Gasteiger partial charge in [0.2, 0.25) is 5.91 Å². The minimum atomic E-state index is -0.464. The maximum Gasteiger partial charge on any atom is 0.219 e. The zero-order valence-corrected chi connectivity index (χ0v) is 7.94. The van der Waals surface area contributed by atoms with Crippen molar-refractivity contribution in [1.82, 2.24) is 4.90 Å². The second-order valence-corrected chi connectivity index (χ2v) is 3.59. The maximum absolute atomic E-state index is 11.0. The fraction of sp³-hybridized carbons (Fsp3) is 0.889. The molecule has 0 spiro atoms. The van der Waals surface area contributed by atoms with Gasteiger partial charge in [-0.25, -0.2) is 0 Å². The maximum atomic E-state index is 11.0. The van der Waals surface area contributed by atoms with Crippen LogP contribution in [0.5, 0.6) is 0 Å². The third-order valence-corrected chi connectivity index (χ3v) is 2.69. The first-order chi connectivity index (χ1) is 6.15. The van der Waals surface area contributed by atoms with E-state index in [9.17, 15) is 9.90 Å². The zero-order valence-electron chi connectivity index (χ0n) is 7.94. The number of aliphatic hydroxyl groups excluding tert-OH is 2. The van der Waals surface area contributed by atoms with E-state index in [-0.39, 0.29) is 18.4 Å². The molecule has 1 rings (SSSR count). The summed E-state index contributed by atoms with van der Waals surface area (Å²) < 4.78 is 0. The van der Waals surface area contributed by atoms with Gasteiger partial charge in [0.15, 0.2) is 0 Å². The molecule has 1 heterocycles. The highest BCUT2D eigenvalue weighted by molar-refractivity contribution is 5.73. The van der Waals surface area contributed by atoms with Crippen LogP contribution < -0.4 is 0 Å². The van der Waals surface area contributed by atoms with E-state index in [1.807, 2.05) is 0 Å².